The average molecular weight is 402 g/mol. The molecule has 2 heterocycles. The van der Waals surface area contributed by atoms with E-state index in [1.54, 1.807) is 31.1 Å². The van der Waals surface area contributed by atoms with Crippen LogP contribution >= 0.6 is 0 Å². The van der Waals surface area contributed by atoms with E-state index in [1.807, 2.05) is 48.5 Å². The first-order chi connectivity index (χ1) is 14.5. The number of aromatic nitrogens is 1. The topological polar surface area (TPSA) is 68.7 Å². The number of amides is 1. The van der Waals surface area contributed by atoms with Gasteiger partial charge in [0.2, 0.25) is 5.88 Å². The van der Waals surface area contributed by atoms with Crippen LogP contribution in [0.15, 0.2) is 60.7 Å². The third kappa shape index (κ3) is 3.64. The Morgan fingerprint density at radius 3 is 2.43 bits per heavy atom. The fourth-order valence-corrected chi connectivity index (χ4v) is 3.60. The molecule has 0 saturated carbocycles. The van der Waals surface area contributed by atoms with Crippen molar-refractivity contribution in [3.05, 3.63) is 77.4 Å². The van der Waals surface area contributed by atoms with E-state index in [9.17, 15) is 9.59 Å². The molecule has 0 radical (unpaired) electrons. The molecule has 1 aromatic heterocycles. The Labute approximate surface area is 175 Å². The third-order valence-corrected chi connectivity index (χ3v) is 5.20. The molecular formula is C24H22N2O4. The summed E-state index contributed by atoms with van der Waals surface area (Å²) >= 11 is 0. The second-order valence-corrected chi connectivity index (χ2v) is 7.34. The van der Waals surface area contributed by atoms with Crippen molar-refractivity contribution in [3.63, 3.8) is 0 Å². The van der Waals surface area contributed by atoms with Crippen LogP contribution in [0.5, 0.6) is 11.6 Å². The number of para-hydroxylation sites is 1. The summed E-state index contributed by atoms with van der Waals surface area (Å²) in [5.41, 5.74) is 4.01. The molecule has 0 bridgehead atoms. The Hall–Kier alpha value is -3.67. The predicted octanol–water partition coefficient (Wildman–Crippen LogP) is 4.25. The Balaban J connectivity index is 1.70. The molecule has 30 heavy (non-hydrogen) atoms. The number of hydrogen-bond donors (Lipinski definition) is 0. The number of fused-ring (bicyclic) bond motifs is 2. The molecular weight excluding hydrogens is 380 g/mol. The smallest absolute Gasteiger partial charge is 0.306 e. The lowest BCUT2D eigenvalue weighted by molar-refractivity contribution is -0.140. The van der Waals surface area contributed by atoms with Gasteiger partial charge in [-0.25, -0.2) is 4.98 Å². The molecule has 1 aliphatic heterocycles. The summed E-state index contributed by atoms with van der Waals surface area (Å²) in [5.74, 6) is 0.654. The number of hydrogen-bond acceptors (Lipinski definition) is 5. The zero-order valence-corrected chi connectivity index (χ0v) is 17.1. The minimum absolute atomic E-state index is 0.0504. The van der Waals surface area contributed by atoms with E-state index in [2.05, 4.69) is 0 Å². The number of rotatable bonds is 4. The highest BCUT2D eigenvalue weighted by molar-refractivity contribution is 5.94. The van der Waals surface area contributed by atoms with Crippen LogP contribution in [-0.4, -0.2) is 43.0 Å². The van der Waals surface area contributed by atoms with E-state index < -0.39 is 0 Å². The molecule has 1 atom stereocenters. The van der Waals surface area contributed by atoms with Crippen LogP contribution in [0.1, 0.15) is 33.8 Å². The number of esters is 1. The number of carbonyl (C=O) groups is 2. The molecule has 0 aliphatic carbocycles. The zero-order chi connectivity index (χ0) is 21.3. The lowest BCUT2D eigenvalue weighted by Gasteiger charge is -2.27. The van der Waals surface area contributed by atoms with Crippen LogP contribution in [0.25, 0.3) is 11.3 Å². The Kier molecular flexibility index (Phi) is 5.23. The fraction of sp³-hybridized carbons (Fsp3) is 0.208. The molecule has 0 spiro atoms. The molecule has 0 fully saturated rings. The van der Waals surface area contributed by atoms with Gasteiger partial charge in [0.1, 0.15) is 5.75 Å². The maximum atomic E-state index is 12.1. The highest BCUT2D eigenvalue weighted by atomic mass is 16.5. The van der Waals surface area contributed by atoms with Gasteiger partial charge >= 0.3 is 5.97 Å². The van der Waals surface area contributed by atoms with Crippen LogP contribution < -0.4 is 4.74 Å². The molecule has 2 aromatic carbocycles. The van der Waals surface area contributed by atoms with Crippen molar-refractivity contribution >= 4 is 11.9 Å². The normalized spacial score (nSPS) is 14.2. The summed E-state index contributed by atoms with van der Waals surface area (Å²) in [5, 5.41) is 0. The number of methoxy groups -OCH3 is 1. The molecule has 4 rings (SSSR count). The SMILES string of the molecule is COC(=O)CC1c2ccccc2Oc2nc(-c3ccc(C(=O)N(C)C)cc3)ccc21. The first-order valence-electron chi connectivity index (χ1n) is 9.64. The highest BCUT2D eigenvalue weighted by Gasteiger charge is 2.30. The summed E-state index contributed by atoms with van der Waals surface area (Å²) in [7, 11) is 4.84. The van der Waals surface area contributed by atoms with Crippen LogP contribution in [-0.2, 0) is 9.53 Å². The lowest BCUT2D eigenvalue weighted by Crippen LogP contribution is -2.21. The predicted molar refractivity (Wildman–Crippen MR) is 113 cm³/mol. The highest BCUT2D eigenvalue weighted by Crippen LogP contribution is 2.45. The molecule has 1 unspecified atom stereocenters. The number of ether oxygens (including phenoxy) is 2. The molecule has 0 N–H and O–H groups in total. The van der Waals surface area contributed by atoms with Gasteiger partial charge in [0.25, 0.3) is 5.91 Å². The molecule has 6 heteroatoms. The van der Waals surface area contributed by atoms with Gasteiger partial charge in [-0.15, -0.1) is 0 Å². The second kappa shape index (κ2) is 7.99. The van der Waals surface area contributed by atoms with Crippen LogP contribution in [0.3, 0.4) is 0 Å². The summed E-state index contributed by atoms with van der Waals surface area (Å²) in [4.78, 5) is 30.4. The third-order valence-electron chi connectivity index (χ3n) is 5.20. The molecule has 3 aromatic rings. The Bertz CT molecular complexity index is 1110. The van der Waals surface area contributed by atoms with Crippen LogP contribution in [0.2, 0.25) is 0 Å². The van der Waals surface area contributed by atoms with Gasteiger partial charge in [0, 0.05) is 42.3 Å². The largest absolute Gasteiger partial charge is 0.469 e. The molecule has 1 aliphatic rings. The first kappa shape index (κ1) is 19.6. The average Bonchev–Trinajstić information content (AvgIpc) is 2.77. The maximum absolute atomic E-state index is 12.1. The van der Waals surface area contributed by atoms with Gasteiger partial charge in [0.05, 0.1) is 19.2 Å². The number of carbonyl (C=O) groups excluding carboxylic acids is 2. The number of pyridine rings is 1. The quantitative estimate of drug-likeness (QED) is 0.610. The van der Waals surface area contributed by atoms with Crippen molar-refractivity contribution in [2.75, 3.05) is 21.2 Å². The number of nitrogens with zero attached hydrogens (tertiary/aromatic N) is 2. The van der Waals surface area contributed by atoms with E-state index in [-0.39, 0.29) is 24.2 Å². The molecule has 0 saturated heterocycles. The summed E-state index contributed by atoms with van der Waals surface area (Å²) in [6, 6.07) is 18.8. The van der Waals surface area contributed by atoms with Crippen LogP contribution in [0.4, 0.5) is 0 Å². The van der Waals surface area contributed by atoms with E-state index >= 15 is 0 Å². The summed E-state index contributed by atoms with van der Waals surface area (Å²) in [6.07, 6.45) is 0.215. The van der Waals surface area contributed by atoms with Crippen molar-refractivity contribution in [3.8, 4) is 22.9 Å². The van der Waals surface area contributed by atoms with Gasteiger partial charge in [-0.2, -0.15) is 0 Å². The van der Waals surface area contributed by atoms with Crippen molar-refractivity contribution in [2.45, 2.75) is 12.3 Å². The minimum Gasteiger partial charge on any atom is -0.469 e. The van der Waals surface area contributed by atoms with Gasteiger partial charge in [-0.1, -0.05) is 36.4 Å². The van der Waals surface area contributed by atoms with Crippen molar-refractivity contribution < 1.29 is 19.1 Å². The monoisotopic (exact) mass is 402 g/mol. The lowest BCUT2D eigenvalue weighted by atomic mass is 9.86. The number of benzene rings is 2. The molecule has 152 valence electrons. The maximum Gasteiger partial charge on any atom is 0.306 e. The van der Waals surface area contributed by atoms with E-state index in [1.165, 1.54) is 7.11 Å². The standard InChI is InChI=1S/C24H22N2O4/c1-26(2)24(28)16-10-8-15(9-11-16)20-13-12-18-19(14-22(27)29-3)17-6-4-5-7-21(17)30-23(18)25-20/h4-13,19H,14H2,1-3H3. The van der Waals surface area contributed by atoms with Crippen molar-refractivity contribution in [1.29, 1.82) is 0 Å². The zero-order valence-electron chi connectivity index (χ0n) is 17.1. The van der Waals surface area contributed by atoms with Gasteiger partial charge in [-0.05, 0) is 24.3 Å². The fourth-order valence-electron chi connectivity index (χ4n) is 3.60. The first-order valence-corrected chi connectivity index (χ1v) is 9.64. The van der Waals surface area contributed by atoms with Crippen molar-refractivity contribution in [1.82, 2.24) is 9.88 Å². The van der Waals surface area contributed by atoms with Gasteiger partial charge in [0.15, 0.2) is 0 Å². The van der Waals surface area contributed by atoms with Crippen LogP contribution in [0, 0.1) is 0 Å². The summed E-state index contributed by atoms with van der Waals surface area (Å²) in [6.45, 7) is 0. The molecule has 6 nitrogen and oxygen atoms in total. The van der Waals surface area contributed by atoms with E-state index in [0.29, 0.717) is 17.2 Å². The Morgan fingerprint density at radius 1 is 1.00 bits per heavy atom. The molecule has 1 amide bonds. The van der Waals surface area contributed by atoms with E-state index in [0.717, 1.165) is 22.4 Å². The minimum atomic E-state index is -0.284. The second-order valence-electron chi connectivity index (χ2n) is 7.34. The van der Waals surface area contributed by atoms with Crippen molar-refractivity contribution in [2.24, 2.45) is 0 Å². The van der Waals surface area contributed by atoms with Gasteiger partial charge in [-0.3, -0.25) is 9.59 Å². The Morgan fingerprint density at radius 2 is 1.73 bits per heavy atom. The van der Waals surface area contributed by atoms with Gasteiger partial charge < -0.3 is 14.4 Å². The summed E-state index contributed by atoms with van der Waals surface area (Å²) < 4.78 is 10.9. The van der Waals surface area contributed by atoms with E-state index in [4.69, 9.17) is 14.5 Å².